The molecule has 0 amide bonds. The average molecular weight is 321 g/mol. The smallest absolute Gasteiger partial charge is 0.246 e. The van der Waals surface area contributed by atoms with E-state index in [-0.39, 0.29) is 23.3 Å². The number of benzene rings is 1. The van der Waals surface area contributed by atoms with Gasteiger partial charge in [-0.25, -0.2) is 8.42 Å². The van der Waals surface area contributed by atoms with Gasteiger partial charge in [0.1, 0.15) is 10.6 Å². The van der Waals surface area contributed by atoms with Gasteiger partial charge in [-0.2, -0.15) is 4.31 Å². The summed E-state index contributed by atoms with van der Waals surface area (Å²) in [6.45, 7) is 1.08. The number of halogens is 1. The quantitative estimate of drug-likeness (QED) is 0.913. The molecule has 1 heterocycles. The van der Waals surface area contributed by atoms with Gasteiger partial charge < -0.3 is 10.1 Å². The summed E-state index contributed by atoms with van der Waals surface area (Å²) < 4.78 is 32.0. The van der Waals surface area contributed by atoms with E-state index < -0.39 is 10.0 Å². The monoisotopic (exact) mass is 320 g/mol. The van der Waals surface area contributed by atoms with E-state index in [1.165, 1.54) is 11.4 Å². The highest BCUT2D eigenvalue weighted by Crippen LogP contribution is 2.28. The maximum Gasteiger partial charge on any atom is 0.246 e. The minimum absolute atomic E-state index is 0. The van der Waals surface area contributed by atoms with E-state index in [2.05, 4.69) is 5.32 Å². The molecule has 0 aliphatic carbocycles. The molecule has 5 nitrogen and oxygen atoms in total. The zero-order chi connectivity index (χ0) is 13.9. The largest absolute Gasteiger partial charge is 0.495 e. The minimum Gasteiger partial charge on any atom is -0.495 e. The Labute approximate surface area is 126 Å². The fraction of sp³-hybridized carbons (Fsp3) is 0.538. The molecule has 0 spiro atoms. The summed E-state index contributed by atoms with van der Waals surface area (Å²) in [7, 11) is -0.127. The van der Waals surface area contributed by atoms with Crippen LogP contribution in [-0.2, 0) is 10.0 Å². The van der Waals surface area contributed by atoms with Crippen LogP contribution in [0.1, 0.15) is 12.8 Å². The standard InChI is InChI=1S/C13H20N2O3S.ClH/c1-14-11-6-5-9-15(10-11)19(16,17)13-8-4-3-7-12(13)18-2;/h3-4,7-8,11,14H,5-6,9-10H2,1-2H3;1H. The Morgan fingerprint density at radius 2 is 2.05 bits per heavy atom. The van der Waals surface area contributed by atoms with Crippen LogP contribution in [0.25, 0.3) is 0 Å². The van der Waals surface area contributed by atoms with Crippen molar-refractivity contribution in [2.75, 3.05) is 27.2 Å². The van der Waals surface area contributed by atoms with Gasteiger partial charge in [0.05, 0.1) is 7.11 Å². The predicted octanol–water partition coefficient (Wildman–Crippen LogP) is 1.49. The summed E-state index contributed by atoms with van der Waals surface area (Å²) in [5, 5.41) is 3.15. The van der Waals surface area contributed by atoms with Crippen LogP contribution in [0.15, 0.2) is 29.2 Å². The number of nitrogens with one attached hydrogen (secondary N) is 1. The Balaban J connectivity index is 0.00000200. The Morgan fingerprint density at radius 1 is 1.35 bits per heavy atom. The molecule has 1 aliphatic rings. The number of para-hydroxylation sites is 1. The van der Waals surface area contributed by atoms with Crippen molar-refractivity contribution in [3.63, 3.8) is 0 Å². The van der Waals surface area contributed by atoms with E-state index in [9.17, 15) is 8.42 Å². The first-order valence-corrected chi connectivity index (χ1v) is 7.84. The van der Waals surface area contributed by atoms with Gasteiger partial charge in [0.15, 0.2) is 0 Å². The lowest BCUT2D eigenvalue weighted by Crippen LogP contribution is -2.46. The molecule has 114 valence electrons. The van der Waals surface area contributed by atoms with Gasteiger partial charge in [0.25, 0.3) is 0 Å². The van der Waals surface area contributed by atoms with E-state index in [1.807, 2.05) is 7.05 Å². The van der Waals surface area contributed by atoms with Gasteiger partial charge in [0, 0.05) is 19.1 Å². The zero-order valence-electron chi connectivity index (χ0n) is 11.7. The van der Waals surface area contributed by atoms with Gasteiger partial charge in [0.2, 0.25) is 10.0 Å². The summed E-state index contributed by atoms with van der Waals surface area (Å²) >= 11 is 0. The number of sulfonamides is 1. The molecule has 1 unspecified atom stereocenters. The van der Waals surface area contributed by atoms with Crippen molar-refractivity contribution in [3.8, 4) is 5.75 Å². The Hall–Kier alpha value is -0.820. The second-order valence-electron chi connectivity index (χ2n) is 4.64. The van der Waals surface area contributed by atoms with Crippen LogP contribution >= 0.6 is 12.4 Å². The van der Waals surface area contributed by atoms with Gasteiger partial charge in [-0.1, -0.05) is 12.1 Å². The first-order valence-electron chi connectivity index (χ1n) is 6.40. The molecule has 7 heteroatoms. The lowest BCUT2D eigenvalue weighted by Gasteiger charge is -2.31. The summed E-state index contributed by atoms with van der Waals surface area (Å²) in [5.41, 5.74) is 0. The first kappa shape index (κ1) is 17.2. The molecular weight excluding hydrogens is 300 g/mol. The third-order valence-electron chi connectivity index (χ3n) is 3.48. The van der Waals surface area contributed by atoms with Crippen molar-refractivity contribution in [1.82, 2.24) is 9.62 Å². The predicted molar refractivity (Wildman–Crippen MR) is 81.1 cm³/mol. The molecule has 1 atom stereocenters. The number of piperidine rings is 1. The normalized spacial score (nSPS) is 20.2. The molecule has 2 rings (SSSR count). The summed E-state index contributed by atoms with van der Waals surface area (Å²) in [4.78, 5) is 0.245. The summed E-state index contributed by atoms with van der Waals surface area (Å²) in [5.74, 6) is 0.397. The lowest BCUT2D eigenvalue weighted by atomic mass is 10.1. The summed E-state index contributed by atoms with van der Waals surface area (Å²) in [6, 6.07) is 6.97. The van der Waals surface area contributed by atoms with Crippen LogP contribution in [0.5, 0.6) is 5.75 Å². The van der Waals surface area contributed by atoms with Crippen molar-refractivity contribution in [1.29, 1.82) is 0 Å². The summed E-state index contributed by atoms with van der Waals surface area (Å²) in [6.07, 6.45) is 1.88. The van der Waals surface area contributed by atoms with Crippen molar-refractivity contribution in [3.05, 3.63) is 24.3 Å². The molecule has 1 N–H and O–H groups in total. The van der Waals surface area contributed by atoms with Crippen molar-refractivity contribution < 1.29 is 13.2 Å². The minimum atomic E-state index is -3.48. The second kappa shape index (κ2) is 7.26. The number of ether oxygens (including phenoxy) is 1. The van der Waals surface area contributed by atoms with E-state index in [0.717, 1.165) is 12.8 Å². The number of methoxy groups -OCH3 is 1. The topological polar surface area (TPSA) is 58.6 Å². The van der Waals surface area contributed by atoms with Crippen LogP contribution in [0.3, 0.4) is 0 Å². The molecule has 1 aliphatic heterocycles. The highest BCUT2D eigenvalue weighted by Gasteiger charge is 2.31. The number of hydrogen-bond acceptors (Lipinski definition) is 4. The van der Waals surface area contributed by atoms with E-state index in [1.54, 1.807) is 24.3 Å². The molecule has 20 heavy (non-hydrogen) atoms. The molecule has 0 radical (unpaired) electrons. The van der Waals surface area contributed by atoms with Crippen LogP contribution in [-0.4, -0.2) is 46.0 Å². The fourth-order valence-electron chi connectivity index (χ4n) is 2.37. The second-order valence-corrected chi connectivity index (χ2v) is 6.55. The zero-order valence-corrected chi connectivity index (χ0v) is 13.3. The highest BCUT2D eigenvalue weighted by atomic mass is 35.5. The van der Waals surface area contributed by atoms with Gasteiger partial charge in [-0.05, 0) is 32.0 Å². The molecule has 1 aromatic rings. The number of rotatable bonds is 4. The molecule has 0 aromatic heterocycles. The van der Waals surface area contributed by atoms with E-state index >= 15 is 0 Å². The van der Waals surface area contributed by atoms with E-state index in [4.69, 9.17) is 4.74 Å². The van der Waals surface area contributed by atoms with Crippen LogP contribution in [0, 0.1) is 0 Å². The van der Waals surface area contributed by atoms with Crippen LogP contribution < -0.4 is 10.1 Å². The average Bonchev–Trinajstić information content (AvgIpc) is 2.47. The molecule has 1 saturated heterocycles. The van der Waals surface area contributed by atoms with Gasteiger partial charge in [-0.3, -0.25) is 0 Å². The molecule has 1 aromatic carbocycles. The Bertz CT molecular complexity index is 536. The molecule has 0 saturated carbocycles. The molecule has 0 bridgehead atoms. The van der Waals surface area contributed by atoms with Crippen molar-refractivity contribution in [2.45, 2.75) is 23.8 Å². The van der Waals surface area contributed by atoms with Gasteiger partial charge >= 0.3 is 0 Å². The van der Waals surface area contributed by atoms with Crippen molar-refractivity contribution >= 4 is 22.4 Å². The number of hydrogen-bond donors (Lipinski definition) is 1. The molecule has 1 fully saturated rings. The lowest BCUT2D eigenvalue weighted by molar-refractivity contribution is 0.291. The van der Waals surface area contributed by atoms with Crippen molar-refractivity contribution in [2.24, 2.45) is 0 Å². The van der Waals surface area contributed by atoms with Gasteiger partial charge in [-0.15, -0.1) is 12.4 Å². The maximum atomic E-state index is 12.6. The highest BCUT2D eigenvalue weighted by molar-refractivity contribution is 7.89. The van der Waals surface area contributed by atoms with Crippen LogP contribution in [0.2, 0.25) is 0 Å². The Morgan fingerprint density at radius 3 is 2.70 bits per heavy atom. The third kappa shape index (κ3) is 3.44. The number of nitrogens with zero attached hydrogens (tertiary/aromatic N) is 1. The Kier molecular flexibility index (Phi) is 6.26. The third-order valence-corrected chi connectivity index (χ3v) is 5.38. The maximum absolute atomic E-state index is 12.6. The number of likely N-dealkylation sites (N-methyl/N-ethyl adjacent to an activating group) is 1. The first-order chi connectivity index (χ1) is 9.09. The SMILES string of the molecule is CNC1CCCN(S(=O)(=O)c2ccccc2OC)C1.Cl. The fourth-order valence-corrected chi connectivity index (χ4v) is 4.05. The molecular formula is C13H21ClN2O3S. The van der Waals surface area contributed by atoms with E-state index in [0.29, 0.717) is 18.8 Å². The van der Waals surface area contributed by atoms with Crippen LogP contribution in [0.4, 0.5) is 0 Å².